The van der Waals surface area contributed by atoms with Crippen molar-refractivity contribution in [3.8, 4) is 0 Å². The average Bonchev–Trinajstić information content (AvgIpc) is 3.33. The van der Waals surface area contributed by atoms with Crippen LogP contribution in [0.4, 0.5) is 0 Å². The molecule has 0 saturated heterocycles. The minimum Gasteiger partial charge on any atom is -0.474 e. The van der Waals surface area contributed by atoms with Crippen LogP contribution in [0, 0.1) is 0 Å². The molecule has 0 unspecified atom stereocenters. The van der Waals surface area contributed by atoms with Gasteiger partial charge in [0.1, 0.15) is 24.3 Å². The number of hydrogen-bond acceptors (Lipinski definition) is 4. The molecular formula is C21H18N2O2. The summed E-state index contributed by atoms with van der Waals surface area (Å²) in [5.74, 6) is 1.55. The second kappa shape index (κ2) is 4.94. The van der Waals surface area contributed by atoms with Crippen molar-refractivity contribution in [3.05, 3.63) is 70.8 Å². The Bertz CT molecular complexity index is 857. The van der Waals surface area contributed by atoms with Gasteiger partial charge in [-0.2, -0.15) is 0 Å². The SMILES string of the molecule is c1ccc2c(c1)C[C@@H]1OC(CC3=N[C@H]4c5ccccc5C[C@@H]4O3)=N[C@H]21. The van der Waals surface area contributed by atoms with E-state index in [1.807, 2.05) is 0 Å². The fraction of sp³-hybridized carbons (Fsp3) is 0.333. The van der Waals surface area contributed by atoms with Gasteiger partial charge in [0.15, 0.2) is 11.8 Å². The summed E-state index contributed by atoms with van der Waals surface area (Å²) in [4.78, 5) is 9.65. The van der Waals surface area contributed by atoms with E-state index >= 15 is 0 Å². The van der Waals surface area contributed by atoms with Gasteiger partial charge in [-0.15, -0.1) is 0 Å². The van der Waals surface area contributed by atoms with Crippen LogP contribution in [0.15, 0.2) is 58.5 Å². The van der Waals surface area contributed by atoms with Gasteiger partial charge in [-0.1, -0.05) is 48.5 Å². The predicted octanol–water partition coefficient (Wildman–Crippen LogP) is 3.57. The highest BCUT2D eigenvalue weighted by Gasteiger charge is 2.42. The Labute approximate surface area is 146 Å². The first-order valence-electron chi connectivity index (χ1n) is 8.97. The van der Waals surface area contributed by atoms with E-state index in [2.05, 4.69) is 48.5 Å². The van der Waals surface area contributed by atoms with Crippen molar-refractivity contribution in [2.75, 3.05) is 0 Å². The van der Waals surface area contributed by atoms with Gasteiger partial charge in [0.2, 0.25) is 0 Å². The Kier molecular flexibility index (Phi) is 2.70. The van der Waals surface area contributed by atoms with Crippen LogP contribution in [0.3, 0.4) is 0 Å². The predicted molar refractivity (Wildman–Crippen MR) is 95.0 cm³/mol. The molecule has 4 heteroatoms. The highest BCUT2D eigenvalue weighted by atomic mass is 16.5. The topological polar surface area (TPSA) is 43.2 Å². The van der Waals surface area contributed by atoms with Crippen LogP contribution in [-0.4, -0.2) is 24.0 Å². The maximum absolute atomic E-state index is 6.11. The van der Waals surface area contributed by atoms with Gasteiger partial charge in [0.25, 0.3) is 0 Å². The lowest BCUT2D eigenvalue weighted by Gasteiger charge is -2.10. The second-order valence-electron chi connectivity index (χ2n) is 7.23. The number of ether oxygens (including phenoxy) is 2. The van der Waals surface area contributed by atoms with Crippen molar-refractivity contribution in [1.29, 1.82) is 0 Å². The zero-order valence-electron chi connectivity index (χ0n) is 13.8. The van der Waals surface area contributed by atoms with E-state index < -0.39 is 0 Å². The van der Waals surface area contributed by atoms with Crippen LogP contribution in [0.2, 0.25) is 0 Å². The minimum atomic E-state index is 0.147. The van der Waals surface area contributed by atoms with Crippen molar-refractivity contribution in [2.45, 2.75) is 43.6 Å². The van der Waals surface area contributed by atoms with E-state index in [0.29, 0.717) is 6.42 Å². The first-order chi connectivity index (χ1) is 12.3. The quantitative estimate of drug-likeness (QED) is 0.845. The molecule has 2 heterocycles. The number of fused-ring (bicyclic) bond motifs is 6. The normalized spacial score (nSPS) is 30.6. The third-order valence-electron chi connectivity index (χ3n) is 5.74. The molecule has 0 radical (unpaired) electrons. The monoisotopic (exact) mass is 330 g/mol. The summed E-state index contributed by atoms with van der Waals surface area (Å²) in [6.07, 6.45) is 2.76. The van der Waals surface area contributed by atoms with E-state index in [1.54, 1.807) is 0 Å². The number of rotatable bonds is 2. The summed E-state index contributed by atoms with van der Waals surface area (Å²) in [6.45, 7) is 0. The Morgan fingerprint density at radius 2 is 1.20 bits per heavy atom. The fourth-order valence-electron chi connectivity index (χ4n) is 4.62. The summed E-state index contributed by atoms with van der Waals surface area (Å²) in [6, 6.07) is 17.3. The molecule has 6 rings (SSSR count). The van der Waals surface area contributed by atoms with E-state index in [0.717, 1.165) is 24.6 Å². The highest BCUT2D eigenvalue weighted by Crippen LogP contribution is 2.42. The van der Waals surface area contributed by atoms with Crippen LogP contribution in [0.25, 0.3) is 0 Å². The fourth-order valence-corrected chi connectivity index (χ4v) is 4.62. The first kappa shape index (κ1) is 13.6. The van der Waals surface area contributed by atoms with Crippen LogP contribution in [0.5, 0.6) is 0 Å². The first-order valence-corrected chi connectivity index (χ1v) is 8.97. The summed E-state index contributed by atoms with van der Waals surface area (Å²) in [5, 5.41) is 0. The maximum Gasteiger partial charge on any atom is 0.193 e. The van der Waals surface area contributed by atoms with Crippen LogP contribution >= 0.6 is 0 Å². The van der Waals surface area contributed by atoms with Crippen molar-refractivity contribution >= 4 is 11.8 Å². The van der Waals surface area contributed by atoms with Gasteiger partial charge in [0.05, 0.1) is 6.42 Å². The molecule has 124 valence electrons. The van der Waals surface area contributed by atoms with Gasteiger partial charge in [0, 0.05) is 12.8 Å². The molecule has 2 aromatic rings. The van der Waals surface area contributed by atoms with Crippen LogP contribution in [-0.2, 0) is 22.3 Å². The molecule has 2 aromatic carbocycles. The lowest BCUT2D eigenvalue weighted by molar-refractivity contribution is 0.192. The lowest BCUT2D eigenvalue weighted by atomic mass is 10.1. The van der Waals surface area contributed by atoms with Crippen molar-refractivity contribution < 1.29 is 9.47 Å². The van der Waals surface area contributed by atoms with Gasteiger partial charge in [-0.25, -0.2) is 9.98 Å². The molecule has 2 aliphatic heterocycles. The molecule has 0 amide bonds. The summed E-state index contributed by atoms with van der Waals surface area (Å²) < 4.78 is 12.2. The van der Waals surface area contributed by atoms with Crippen molar-refractivity contribution in [3.63, 3.8) is 0 Å². The largest absolute Gasteiger partial charge is 0.474 e. The molecule has 4 nitrogen and oxygen atoms in total. The van der Waals surface area contributed by atoms with E-state index in [1.165, 1.54) is 22.3 Å². The number of nitrogens with zero attached hydrogens (tertiary/aromatic N) is 2. The third kappa shape index (κ3) is 2.00. The van der Waals surface area contributed by atoms with Crippen molar-refractivity contribution in [1.82, 2.24) is 0 Å². The van der Waals surface area contributed by atoms with E-state index in [4.69, 9.17) is 19.5 Å². The number of hydrogen-bond donors (Lipinski definition) is 0. The number of benzene rings is 2. The van der Waals surface area contributed by atoms with E-state index in [-0.39, 0.29) is 24.3 Å². The molecule has 0 N–H and O–H groups in total. The molecule has 25 heavy (non-hydrogen) atoms. The molecular weight excluding hydrogens is 312 g/mol. The van der Waals surface area contributed by atoms with E-state index in [9.17, 15) is 0 Å². The van der Waals surface area contributed by atoms with Gasteiger partial charge in [-0.05, 0) is 22.3 Å². The Morgan fingerprint density at radius 3 is 1.72 bits per heavy atom. The third-order valence-corrected chi connectivity index (χ3v) is 5.74. The van der Waals surface area contributed by atoms with Crippen LogP contribution in [0.1, 0.15) is 40.8 Å². The molecule has 0 spiro atoms. The second-order valence-corrected chi connectivity index (χ2v) is 7.23. The minimum absolute atomic E-state index is 0.147. The Morgan fingerprint density at radius 1 is 0.720 bits per heavy atom. The highest BCUT2D eigenvalue weighted by molar-refractivity contribution is 5.98. The molecule has 4 aliphatic rings. The summed E-state index contributed by atoms with van der Waals surface area (Å²) in [5.41, 5.74) is 5.34. The average molecular weight is 330 g/mol. The number of aliphatic imine (C=N–C) groups is 2. The lowest BCUT2D eigenvalue weighted by Crippen LogP contribution is -2.17. The zero-order chi connectivity index (χ0) is 16.4. The molecule has 4 atom stereocenters. The standard InChI is InChI=1S/C21H18N2O2/c1-3-7-14-12(5-1)9-16-20(14)22-18(24-16)11-19-23-21-15-8-4-2-6-13(15)10-17(21)25-19/h1-8,16-17,20-21H,9-11H2/t16-,17-,20-,21+/m0/s1. The Balaban J connectivity index is 1.23. The van der Waals surface area contributed by atoms with Crippen LogP contribution < -0.4 is 0 Å². The van der Waals surface area contributed by atoms with Gasteiger partial charge in [-0.3, -0.25) is 0 Å². The molecule has 2 aliphatic carbocycles. The molecule has 0 fully saturated rings. The van der Waals surface area contributed by atoms with Gasteiger partial charge >= 0.3 is 0 Å². The molecule has 0 aromatic heterocycles. The summed E-state index contributed by atoms with van der Waals surface area (Å²) >= 11 is 0. The maximum atomic E-state index is 6.11. The Hall–Kier alpha value is -2.62. The molecule has 0 saturated carbocycles. The summed E-state index contributed by atoms with van der Waals surface area (Å²) in [7, 11) is 0. The smallest absolute Gasteiger partial charge is 0.193 e. The van der Waals surface area contributed by atoms with Gasteiger partial charge < -0.3 is 9.47 Å². The zero-order valence-corrected chi connectivity index (χ0v) is 13.8. The molecule has 0 bridgehead atoms. The van der Waals surface area contributed by atoms with Crippen molar-refractivity contribution in [2.24, 2.45) is 9.98 Å².